The summed E-state index contributed by atoms with van der Waals surface area (Å²) in [5.41, 5.74) is 0.204. The van der Waals surface area contributed by atoms with E-state index in [1.165, 1.54) is 57.8 Å². The van der Waals surface area contributed by atoms with Crippen LogP contribution in [0.3, 0.4) is 0 Å². The van der Waals surface area contributed by atoms with E-state index in [0.717, 1.165) is 36.5 Å². The molecule has 2 heteroatoms. The third-order valence-corrected chi connectivity index (χ3v) is 7.48. The Labute approximate surface area is 147 Å². The van der Waals surface area contributed by atoms with E-state index >= 15 is 0 Å². The highest BCUT2D eigenvalue weighted by Crippen LogP contribution is 2.40. The molecule has 0 aromatic carbocycles. The topological polar surface area (TPSA) is 0 Å². The van der Waals surface area contributed by atoms with Crippen LogP contribution in [-0.4, -0.2) is 11.8 Å². The molecule has 6 unspecified atom stereocenters. The lowest BCUT2D eigenvalue weighted by molar-refractivity contribution is 0.137. The first-order chi connectivity index (χ1) is 11.0. The lowest BCUT2D eigenvalue weighted by Crippen LogP contribution is -2.33. The van der Waals surface area contributed by atoms with Crippen LogP contribution in [0.1, 0.15) is 91.4 Å². The van der Waals surface area contributed by atoms with Gasteiger partial charge in [0, 0.05) is 5.66 Å². The van der Waals surface area contributed by atoms with Crippen molar-refractivity contribution >= 4 is 9.24 Å². The summed E-state index contributed by atoms with van der Waals surface area (Å²) in [7, 11) is 2.77. The van der Waals surface area contributed by atoms with E-state index in [1.807, 2.05) is 0 Å². The molecule has 2 aliphatic carbocycles. The van der Waals surface area contributed by atoms with Gasteiger partial charge in [0.2, 0.25) is 0 Å². The Hall–Kier alpha value is 0.360. The van der Waals surface area contributed by atoms with Crippen LogP contribution in [0.4, 0.5) is 4.39 Å². The molecule has 0 amide bonds. The van der Waals surface area contributed by atoms with Crippen LogP contribution in [0.5, 0.6) is 0 Å². The molecule has 2 fully saturated rings. The Morgan fingerprint density at radius 2 is 1.74 bits per heavy atom. The lowest BCUT2D eigenvalue weighted by Gasteiger charge is -2.36. The third-order valence-electron chi connectivity index (χ3n) is 6.84. The van der Waals surface area contributed by atoms with Crippen LogP contribution in [0.2, 0.25) is 0 Å². The van der Waals surface area contributed by atoms with Gasteiger partial charge in [0.25, 0.3) is 0 Å². The van der Waals surface area contributed by atoms with Crippen LogP contribution in [-0.2, 0) is 0 Å². The molecule has 2 aliphatic rings. The Kier molecular flexibility index (Phi) is 8.34. The Morgan fingerprint density at radius 1 is 1.04 bits per heavy atom. The standard InChI is InChI=1S/C21H40FP/c1-4-6-18(19-11-9-15(2)10-12-19)8-5-7-17-13-16(3)21(22)20(23)14-17/h15-21H,4-14,23H2,1-3H3. The predicted octanol–water partition coefficient (Wildman–Crippen LogP) is 7.03. The number of hydrogen-bond acceptors (Lipinski definition) is 0. The molecule has 0 spiro atoms. The molecule has 0 nitrogen and oxygen atoms in total. The number of halogens is 1. The van der Waals surface area contributed by atoms with Gasteiger partial charge in [-0.1, -0.05) is 65.7 Å². The molecule has 0 aromatic heterocycles. The number of rotatable bonds is 7. The fourth-order valence-corrected chi connectivity index (χ4v) is 6.10. The normalized spacial score (nSPS) is 40.0. The minimum atomic E-state index is -0.590. The maximum absolute atomic E-state index is 13.9. The van der Waals surface area contributed by atoms with E-state index in [-0.39, 0.29) is 11.6 Å². The molecule has 136 valence electrons. The molecule has 0 bridgehead atoms. The zero-order chi connectivity index (χ0) is 16.8. The third kappa shape index (κ3) is 5.98. The number of alkyl halides is 1. The molecule has 0 heterocycles. The average Bonchev–Trinajstić information content (AvgIpc) is 2.52. The van der Waals surface area contributed by atoms with Gasteiger partial charge >= 0.3 is 0 Å². The average molecular weight is 343 g/mol. The molecule has 2 rings (SSSR count). The van der Waals surface area contributed by atoms with Crippen LogP contribution >= 0.6 is 9.24 Å². The van der Waals surface area contributed by atoms with E-state index in [0.29, 0.717) is 0 Å². The lowest BCUT2D eigenvalue weighted by atomic mass is 9.72. The summed E-state index contributed by atoms with van der Waals surface area (Å²) < 4.78 is 13.9. The van der Waals surface area contributed by atoms with Gasteiger partial charge in [-0.2, -0.15) is 0 Å². The van der Waals surface area contributed by atoms with E-state index in [2.05, 4.69) is 30.0 Å². The molecule has 0 saturated heterocycles. The van der Waals surface area contributed by atoms with Crippen LogP contribution in [0.15, 0.2) is 0 Å². The summed E-state index contributed by atoms with van der Waals surface area (Å²) in [5, 5.41) is 0. The fourth-order valence-electron chi connectivity index (χ4n) is 5.34. The van der Waals surface area contributed by atoms with Crippen molar-refractivity contribution in [2.24, 2.45) is 29.6 Å². The Balaban J connectivity index is 1.73. The Bertz CT molecular complexity index is 312. The second kappa shape index (κ2) is 9.74. The van der Waals surface area contributed by atoms with Crippen molar-refractivity contribution in [3.63, 3.8) is 0 Å². The summed E-state index contributed by atoms with van der Waals surface area (Å²) in [6.45, 7) is 6.88. The second-order valence-corrected chi connectivity index (χ2v) is 9.78. The smallest absolute Gasteiger partial charge is 0.109 e. The highest BCUT2D eigenvalue weighted by atomic mass is 31.0. The van der Waals surface area contributed by atoms with Gasteiger partial charge < -0.3 is 0 Å². The van der Waals surface area contributed by atoms with Crippen molar-refractivity contribution < 1.29 is 4.39 Å². The highest BCUT2D eigenvalue weighted by molar-refractivity contribution is 7.17. The van der Waals surface area contributed by atoms with Crippen molar-refractivity contribution in [2.75, 3.05) is 0 Å². The minimum Gasteiger partial charge on any atom is -0.247 e. The molecular weight excluding hydrogens is 302 g/mol. The van der Waals surface area contributed by atoms with Crippen molar-refractivity contribution in [3.8, 4) is 0 Å². The van der Waals surface area contributed by atoms with E-state index in [1.54, 1.807) is 0 Å². The quantitative estimate of drug-likeness (QED) is 0.436. The molecule has 0 aromatic rings. The van der Waals surface area contributed by atoms with Crippen molar-refractivity contribution in [3.05, 3.63) is 0 Å². The zero-order valence-electron chi connectivity index (χ0n) is 15.8. The van der Waals surface area contributed by atoms with Crippen molar-refractivity contribution in [1.29, 1.82) is 0 Å². The first-order valence-corrected chi connectivity index (χ1v) is 11.1. The van der Waals surface area contributed by atoms with Crippen molar-refractivity contribution in [2.45, 2.75) is 103 Å². The second-order valence-electron chi connectivity index (χ2n) is 8.92. The zero-order valence-corrected chi connectivity index (χ0v) is 16.9. The maximum Gasteiger partial charge on any atom is 0.109 e. The fraction of sp³-hybridized carbons (Fsp3) is 1.00. The summed E-state index contributed by atoms with van der Waals surface area (Å²) in [4.78, 5) is 0. The van der Waals surface area contributed by atoms with Gasteiger partial charge in [-0.25, -0.2) is 4.39 Å². The Morgan fingerprint density at radius 3 is 2.35 bits per heavy atom. The van der Waals surface area contributed by atoms with Gasteiger partial charge in [-0.05, 0) is 55.3 Å². The van der Waals surface area contributed by atoms with E-state index in [4.69, 9.17) is 0 Å². The monoisotopic (exact) mass is 342 g/mol. The predicted molar refractivity (Wildman–Crippen MR) is 104 cm³/mol. The van der Waals surface area contributed by atoms with E-state index in [9.17, 15) is 4.39 Å². The van der Waals surface area contributed by atoms with E-state index < -0.39 is 6.17 Å². The molecular formula is C21H40FP. The number of hydrogen-bond donors (Lipinski definition) is 0. The first-order valence-electron chi connectivity index (χ1n) is 10.4. The molecule has 0 N–H and O–H groups in total. The summed E-state index contributed by atoms with van der Waals surface area (Å²) in [5.74, 6) is 3.97. The van der Waals surface area contributed by atoms with Gasteiger partial charge in [0.1, 0.15) is 6.17 Å². The van der Waals surface area contributed by atoms with Gasteiger partial charge in [0.15, 0.2) is 0 Å². The van der Waals surface area contributed by atoms with Gasteiger partial charge in [-0.15, -0.1) is 9.24 Å². The summed E-state index contributed by atoms with van der Waals surface area (Å²) >= 11 is 0. The molecule has 23 heavy (non-hydrogen) atoms. The highest BCUT2D eigenvalue weighted by Gasteiger charge is 2.33. The summed E-state index contributed by atoms with van der Waals surface area (Å²) in [6.07, 6.45) is 14.4. The molecule has 0 aliphatic heterocycles. The SMILES string of the molecule is CCCC(CCCC1CC(C)C(F)C(P)C1)C1CCC(C)CC1. The molecule has 0 radical (unpaired) electrons. The van der Waals surface area contributed by atoms with Crippen LogP contribution < -0.4 is 0 Å². The largest absolute Gasteiger partial charge is 0.247 e. The first kappa shape index (κ1) is 19.7. The molecule has 6 atom stereocenters. The minimum absolute atomic E-state index is 0.204. The van der Waals surface area contributed by atoms with Crippen molar-refractivity contribution in [1.82, 2.24) is 0 Å². The summed E-state index contributed by atoms with van der Waals surface area (Å²) in [6, 6.07) is 0. The van der Waals surface area contributed by atoms with Gasteiger partial charge in [0.05, 0.1) is 0 Å². The van der Waals surface area contributed by atoms with Crippen LogP contribution in [0, 0.1) is 29.6 Å². The van der Waals surface area contributed by atoms with Crippen LogP contribution in [0.25, 0.3) is 0 Å². The van der Waals surface area contributed by atoms with Gasteiger partial charge in [-0.3, -0.25) is 0 Å². The maximum atomic E-state index is 13.9. The molecule has 2 saturated carbocycles.